The molecule has 0 bridgehead atoms. The molecule has 1 saturated heterocycles. The molecule has 0 atom stereocenters. The average molecular weight is 424 g/mol. The second-order valence-corrected chi connectivity index (χ2v) is 7.91. The first-order chi connectivity index (χ1) is 14.5. The van der Waals surface area contributed by atoms with E-state index in [1.54, 1.807) is 40.1 Å². The normalized spacial score (nSPS) is 16.4. The Morgan fingerprint density at radius 1 is 1.07 bits per heavy atom. The highest BCUT2D eigenvalue weighted by molar-refractivity contribution is 6.30. The molecule has 2 aliphatic rings. The van der Waals surface area contributed by atoms with Crippen LogP contribution in [0, 0.1) is 0 Å². The molecule has 30 heavy (non-hydrogen) atoms. The third kappa shape index (κ3) is 4.71. The average Bonchev–Trinajstić information content (AvgIpc) is 3.52. The van der Waals surface area contributed by atoms with Gasteiger partial charge >= 0.3 is 0 Å². The number of carbonyl (C=O) groups is 3. The largest absolute Gasteiger partial charge is 0.327 e. The first-order valence-corrected chi connectivity index (χ1v) is 10.3. The Morgan fingerprint density at radius 3 is 2.43 bits per heavy atom. The molecule has 0 spiro atoms. The van der Waals surface area contributed by atoms with Crippen LogP contribution in [0.3, 0.4) is 0 Å². The van der Waals surface area contributed by atoms with Crippen LogP contribution in [0.15, 0.2) is 60.7 Å². The number of carbonyl (C=O) groups excluding carboxylic acids is 3. The standard InChI is InChI=1S/C23H22ClN3O3/c24-18-7-9-20(10-8-18)27-16-25(14-23(27)30)22(29)15-26(19-11-12-19)21(28)13-6-17-4-2-1-3-5-17/h1-10,13,19H,11-12,14-16H2/b13-6+. The van der Waals surface area contributed by atoms with E-state index in [-0.39, 0.29) is 43.5 Å². The topological polar surface area (TPSA) is 60.9 Å². The number of rotatable bonds is 6. The van der Waals surface area contributed by atoms with Crippen molar-refractivity contribution in [3.05, 3.63) is 71.3 Å². The van der Waals surface area contributed by atoms with Crippen molar-refractivity contribution in [3.63, 3.8) is 0 Å². The molecular formula is C23H22ClN3O3. The Balaban J connectivity index is 1.40. The molecule has 0 aromatic heterocycles. The van der Waals surface area contributed by atoms with Gasteiger partial charge in [0.25, 0.3) is 0 Å². The summed E-state index contributed by atoms with van der Waals surface area (Å²) in [5.41, 5.74) is 1.62. The first-order valence-electron chi connectivity index (χ1n) is 9.89. The number of benzene rings is 2. The zero-order chi connectivity index (χ0) is 21.1. The summed E-state index contributed by atoms with van der Waals surface area (Å²) in [6, 6.07) is 16.6. The monoisotopic (exact) mass is 423 g/mol. The lowest BCUT2D eigenvalue weighted by molar-refractivity contribution is -0.138. The van der Waals surface area contributed by atoms with E-state index in [2.05, 4.69) is 0 Å². The molecule has 1 heterocycles. The van der Waals surface area contributed by atoms with Crippen LogP contribution in [0.5, 0.6) is 0 Å². The molecule has 2 aromatic carbocycles. The van der Waals surface area contributed by atoms with Crippen molar-refractivity contribution in [2.24, 2.45) is 0 Å². The molecule has 3 amide bonds. The first kappa shape index (κ1) is 20.2. The van der Waals surface area contributed by atoms with Gasteiger partial charge in [0.2, 0.25) is 17.7 Å². The van der Waals surface area contributed by atoms with Gasteiger partial charge in [0.15, 0.2) is 0 Å². The van der Waals surface area contributed by atoms with E-state index >= 15 is 0 Å². The third-order valence-electron chi connectivity index (χ3n) is 5.22. The van der Waals surface area contributed by atoms with Gasteiger partial charge in [0, 0.05) is 22.8 Å². The quantitative estimate of drug-likeness (QED) is 0.670. The Kier molecular flexibility index (Phi) is 5.86. The number of halogens is 1. The molecule has 6 nitrogen and oxygen atoms in total. The summed E-state index contributed by atoms with van der Waals surface area (Å²) in [5, 5.41) is 0.584. The second kappa shape index (κ2) is 8.71. The number of nitrogens with zero attached hydrogens (tertiary/aromatic N) is 3. The molecule has 2 fully saturated rings. The van der Waals surface area contributed by atoms with Crippen LogP contribution in [0.1, 0.15) is 18.4 Å². The Hall–Kier alpha value is -3.12. The highest BCUT2D eigenvalue weighted by Gasteiger charge is 2.37. The lowest BCUT2D eigenvalue weighted by atomic mass is 10.2. The molecule has 1 aliphatic carbocycles. The fraction of sp³-hybridized carbons (Fsp3) is 0.261. The number of hydrogen-bond donors (Lipinski definition) is 0. The van der Waals surface area contributed by atoms with Gasteiger partial charge in [-0.3, -0.25) is 19.3 Å². The molecule has 154 valence electrons. The van der Waals surface area contributed by atoms with Crippen molar-refractivity contribution in [1.82, 2.24) is 9.80 Å². The third-order valence-corrected chi connectivity index (χ3v) is 5.48. The van der Waals surface area contributed by atoms with Crippen LogP contribution < -0.4 is 4.90 Å². The highest BCUT2D eigenvalue weighted by Crippen LogP contribution is 2.28. The number of hydrogen-bond acceptors (Lipinski definition) is 3. The van der Waals surface area contributed by atoms with Crippen LogP contribution in [0.4, 0.5) is 5.69 Å². The molecule has 2 aromatic rings. The summed E-state index contributed by atoms with van der Waals surface area (Å²) in [7, 11) is 0. The van der Waals surface area contributed by atoms with Gasteiger partial charge in [-0.05, 0) is 48.7 Å². The molecule has 0 unspecified atom stereocenters. The summed E-state index contributed by atoms with van der Waals surface area (Å²) in [6.07, 6.45) is 5.06. The van der Waals surface area contributed by atoms with Crippen LogP contribution >= 0.6 is 11.6 Å². The molecule has 4 rings (SSSR count). The maximum Gasteiger partial charge on any atom is 0.248 e. The summed E-state index contributed by atoms with van der Waals surface area (Å²) >= 11 is 5.91. The SMILES string of the molecule is O=C(CN(C(=O)/C=C/c1ccccc1)C1CC1)N1CC(=O)N(c2ccc(Cl)cc2)C1. The van der Waals surface area contributed by atoms with E-state index in [0.717, 1.165) is 18.4 Å². The maximum atomic E-state index is 12.9. The van der Waals surface area contributed by atoms with Gasteiger partial charge in [0.1, 0.15) is 19.8 Å². The second-order valence-electron chi connectivity index (χ2n) is 7.47. The maximum absolute atomic E-state index is 12.9. The lowest BCUT2D eigenvalue weighted by Crippen LogP contribution is -2.43. The molecule has 1 saturated carbocycles. The van der Waals surface area contributed by atoms with E-state index in [1.807, 2.05) is 30.3 Å². The molecule has 1 aliphatic heterocycles. The zero-order valence-corrected chi connectivity index (χ0v) is 17.2. The summed E-state index contributed by atoms with van der Waals surface area (Å²) < 4.78 is 0. The molecule has 0 radical (unpaired) electrons. The Bertz CT molecular complexity index is 971. The molecule has 7 heteroatoms. The van der Waals surface area contributed by atoms with Crippen molar-refractivity contribution in [1.29, 1.82) is 0 Å². The van der Waals surface area contributed by atoms with Crippen LogP contribution in [-0.2, 0) is 14.4 Å². The van der Waals surface area contributed by atoms with Gasteiger partial charge in [-0.25, -0.2) is 0 Å². The van der Waals surface area contributed by atoms with Crippen molar-refractivity contribution in [2.45, 2.75) is 18.9 Å². The van der Waals surface area contributed by atoms with Crippen molar-refractivity contribution < 1.29 is 14.4 Å². The fourth-order valence-electron chi connectivity index (χ4n) is 3.41. The zero-order valence-electron chi connectivity index (χ0n) is 16.4. The number of anilines is 1. The predicted molar refractivity (Wildman–Crippen MR) is 116 cm³/mol. The predicted octanol–water partition coefficient (Wildman–Crippen LogP) is 3.18. The fourth-order valence-corrected chi connectivity index (χ4v) is 3.53. The van der Waals surface area contributed by atoms with Crippen molar-refractivity contribution >= 4 is 41.1 Å². The van der Waals surface area contributed by atoms with E-state index < -0.39 is 0 Å². The van der Waals surface area contributed by atoms with Crippen LogP contribution in [0.25, 0.3) is 6.08 Å². The van der Waals surface area contributed by atoms with E-state index in [4.69, 9.17) is 11.6 Å². The summed E-state index contributed by atoms with van der Waals surface area (Å²) in [5.74, 6) is -0.568. The van der Waals surface area contributed by atoms with Gasteiger partial charge in [-0.15, -0.1) is 0 Å². The van der Waals surface area contributed by atoms with Gasteiger partial charge in [0.05, 0.1) is 0 Å². The van der Waals surface area contributed by atoms with Gasteiger partial charge in [-0.1, -0.05) is 41.9 Å². The molecular weight excluding hydrogens is 402 g/mol. The Morgan fingerprint density at radius 2 is 1.77 bits per heavy atom. The molecule has 0 N–H and O–H groups in total. The summed E-state index contributed by atoms with van der Waals surface area (Å²) in [6.45, 7) is 0.157. The summed E-state index contributed by atoms with van der Waals surface area (Å²) in [4.78, 5) is 42.6. The van der Waals surface area contributed by atoms with Crippen molar-refractivity contribution in [3.8, 4) is 0 Å². The van der Waals surface area contributed by atoms with Crippen molar-refractivity contribution in [2.75, 3.05) is 24.7 Å². The van der Waals surface area contributed by atoms with E-state index in [1.165, 1.54) is 11.0 Å². The number of amides is 3. The smallest absolute Gasteiger partial charge is 0.248 e. The van der Waals surface area contributed by atoms with E-state index in [9.17, 15) is 14.4 Å². The van der Waals surface area contributed by atoms with Crippen LogP contribution in [-0.4, -0.2) is 53.3 Å². The highest BCUT2D eigenvalue weighted by atomic mass is 35.5. The lowest BCUT2D eigenvalue weighted by Gasteiger charge is -2.24. The van der Waals surface area contributed by atoms with Crippen LogP contribution in [0.2, 0.25) is 5.02 Å². The minimum atomic E-state index is -0.229. The minimum Gasteiger partial charge on any atom is -0.327 e. The minimum absolute atomic E-state index is 0.00795. The Labute approximate surface area is 180 Å². The van der Waals surface area contributed by atoms with Gasteiger partial charge < -0.3 is 9.80 Å². The van der Waals surface area contributed by atoms with E-state index in [0.29, 0.717) is 10.7 Å². The van der Waals surface area contributed by atoms with Gasteiger partial charge in [-0.2, -0.15) is 0 Å².